The van der Waals surface area contributed by atoms with Crippen molar-refractivity contribution in [2.75, 3.05) is 0 Å². The second-order valence-corrected chi connectivity index (χ2v) is 7.63. The Hall–Kier alpha value is -1.09. The number of aromatic nitrogens is 1. The average Bonchev–Trinajstić information content (AvgIpc) is 2.39. The first-order chi connectivity index (χ1) is 9.75. The second kappa shape index (κ2) is 6.35. The van der Waals surface area contributed by atoms with Crippen LogP contribution in [0.1, 0.15) is 69.4 Å². The molecule has 116 valence electrons. The Balaban J connectivity index is 2.10. The van der Waals surface area contributed by atoms with Gasteiger partial charge in [0.05, 0.1) is 0 Å². The highest BCUT2D eigenvalue weighted by atomic mass is 35.5. The molecule has 0 radical (unpaired) electrons. The van der Waals surface area contributed by atoms with Gasteiger partial charge >= 0.3 is 0 Å². The maximum Gasteiger partial charge on any atom is 0.251 e. The molecule has 1 heterocycles. The zero-order valence-corrected chi connectivity index (χ0v) is 14.1. The molecule has 3 nitrogen and oxygen atoms in total. The Labute approximate surface area is 132 Å². The lowest BCUT2D eigenvalue weighted by Crippen LogP contribution is -2.37. The highest BCUT2D eigenvalue weighted by Crippen LogP contribution is 2.25. The van der Waals surface area contributed by atoms with Gasteiger partial charge in [0.15, 0.2) is 0 Å². The molecule has 21 heavy (non-hydrogen) atoms. The van der Waals surface area contributed by atoms with E-state index in [0.29, 0.717) is 16.8 Å². The highest BCUT2D eigenvalue weighted by molar-refractivity contribution is 6.29. The van der Waals surface area contributed by atoms with E-state index in [4.69, 9.17) is 11.6 Å². The zero-order valence-electron chi connectivity index (χ0n) is 13.4. The van der Waals surface area contributed by atoms with Crippen LogP contribution >= 0.6 is 11.6 Å². The predicted molar refractivity (Wildman–Crippen MR) is 86.8 cm³/mol. The van der Waals surface area contributed by atoms with Crippen molar-refractivity contribution in [3.05, 3.63) is 28.5 Å². The van der Waals surface area contributed by atoms with E-state index < -0.39 is 0 Å². The minimum absolute atomic E-state index is 0.0376. The van der Waals surface area contributed by atoms with E-state index in [9.17, 15) is 4.79 Å². The summed E-state index contributed by atoms with van der Waals surface area (Å²) in [5.74, 6) is 0.741. The molecule has 1 aromatic heterocycles. The van der Waals surface area contributed by atoms with Gasteiger partial charge in [-0.05, 0) is 43.7 Å². The van der Waals surface area contributed by atoms with E-state index in [-0.39, 0.29) is 11.3 Å². The molecule has 1 amide bonds. The van der Waals surface area contributed by atoms with Gasteiger partial charge in [0.2, 0.25) is 0 Å². The quantitative estimate of drug-likeness (QED) is 0.826. The number of amides is 1. The van der Waals surface area contributed by atoms with Crippen molar-refractivity contribution in [2.45, 2.75) is 64.8 Å². The Morgan fingerprint density at radius 3 is 2.43 bits per heavy atom. The Morgan fingerprint density at radius 1 is 1.24 bits per heavy atom. The third-order valence-corrected chi connectivity index (χ3v) is 4.37. The molecular weight excluding hydrogens is 284 g/mol. The molecule has 1 aliphatic rings. The molecule has 0 atom stereocenters. The molecule has 4 heteroatoms. The molecule has 0 saturated heterocycles. The number of carbonyl (C=O) groups excluding carboxylic acids is 1. The number of hydrogen-bond acceptors (Lipinski definition) is 2. The number of nitrogens with zero attached hydrogens (tertiary/aromatic N) is 1. The van der Waals surface area contributed by atoms with Crippen molar-refractivity contribution in [3.8, 4) is 0 Å². The molecule has 1 aliphatic carbocycles. The van der Waals surface area contributed by atoms with Crippen LogP contribution in [0.15, 0.2) is 12.1 Å². The van der Waals surface area contributed by atoms with Crippen LogP contribution in [0.25, 0.3) is 0 Å². The van der Waals surface area contributed by atoms with Crippen molar-refractivity contribution in [1.29, 1.82) is 0 Å². The first kappa shape index (κ1) is 16.3. The summed E-state index contributed by atoms with van der Waals surface area (Å²) >= 11 is 6.07. The lowest BCUT2D eigenvalue weighted by Gasteiger charge is -2.27. The van der Waals surface area contributed by atoms with Gasteiger partial charge in [0.1, 0.15) is 5.15 Å². The lowest BCUT2D eigenvalue weighted by molar-refractivity contribution is 0.0922. The van der Waals surface area contributed by atoms with E-state index >= 15 is 0 Å². The maximum absolute atomic E-state index is 12.4. The fourth-order valence-corrected chi connectivity index (χ4v) is 2.89. The molecule has 1 aromatic rings. The summed E-state index contributed by atoms with van der Waals surface area (Å²) in [5, 5.41) is 3.52. The monoisotopic (exact) mass is 308 g/mol. The fourth-order valence-electron chi connectivity index (χ4n) is 2.69. The van der Waals surface area contributed by atoms with Gasteiger partial charge in [0.25, 0.3) is 5.91 Å². The van der Waals surface area contributed by atoms with Gasteiger partial charge in [0, 0.05) is 22.7 Å². The summed E-state index contributed by atoms with van der Waals surface area (Å²) in [5.41, 5.74) is 1.33. The van der Waals surface area contributed by atoms with Crippen molar-refractivity contribution in [3.63, 3.8) is 0 Å². The van der Waals surface area contributed by atoms with Crippen LogP contribution in [0, 0.1) is 5.92 Å². The SMILES string of the molecule is CC1CCC(NC(=O)c2cc(Cl)nc(C(C)(C)C)c2)CC1. The molecule has 0 aliphatic heterocycles. The molecular formula is C17H25ClN2O. The van der Waals surface area contributed by atoms with Crippen molar-refractivity contribution >= 4 is 17.5 Å². The smallest absolute Gasteiger partial charge is 0.251 e. The van der Waals surface area contributed by atoms with Crippen LogP contribution in [-0.4, -0.2) is 16.9 Å². The zero-order chi connectivity index (χ0) is 15.6. The number of carbonyl (C=O) groups is 1. The molecule has 0 spiro atoms. The fraction of sp³-hybridized carbons (Fsp3) is 0.647. The van der Waals surface area contributed by atoms with Crippen LogP contribution in [0.5, 0.6) is 0 Å². The lowest BCUT2D eigenvalue weighted by atomic mass is 9.87. The average molecular weight is 309 g/mol. The van der Waals surface area contributed by atoms with Gasteiger partial charge in [-0.3, -0.25) is 4.79 Å². The van der Waals surface area contributed by atoms with E-state index in [0.717, 1.165) is 24.5 Å². The molecule has 0 bridgehead atoms. The minimum atomic E-state index is -0.125. The van der Waals surface area contributed by atoms with E-state index in [2.05, 4.69) is 38.0 Å². The summed E-state index contributed by atoms with van der Waals surface area (Å²) in [4.78, 5) is 16.8. The molecule has 2 rings (SSSR count). The first-order valence-electron chi connectivity index (χ1n) is 7.74. The van der Waals surface area contributed by atoms with Gasteiger partial charge in [-0.25, -0.2) is 4.98 Å². The summed E-state index contributed by atoms with van der Waals surface area (Å²) in [6.45, 7) is 8.47. The largest absolute Gasteiger partial charge is 0.349 e. The molecule has 1 saturated carbocycles. The summed E-state index contributed by atoms with van der Waals surface area (Å²) in [6, 6.07) is 3.79. The molecule has 1 N–H and O–H groups in total. The van der Waals surface area contributed by atoms with Gasteiger partial charge < -0.3 is 5.32 Å². The topological polar surface area (TPSA) is 42.0 Å². The highest BCUT2D eigenvalue weighted by Gasteiger charge is 2.22. The molecule has 1 fully saturated rings. The van der Waals surface area contributed by atoms with Crippen LogP contribution in [0.2, 0.25) is 5.15 Å². The number of halogens is 1. The van der Waals surface area contributed by atoms with Crippen LogP contribution in [-0.2, 0) is 5.41 Å². The van der Waals surface area contributed by atoms with E-state index in [1.54, 1.807) is 6.07 Å². The molecule has 0 aromatic carbocycles. The van der Waals surface area contributed by atoms with Crippen molar-refractivity contribution in [1.82, 2.24) is 10.3 Å². The standard InChI is InChI=1S/C17H25ClN2O/c1-11-5-7-13(8-6-11)19-16(21)12-9-14(17(2,3)4)20-15(18)10-12/h9-11,13H,5-8H2,1-4H3,(H,19,21). The maximum atomic E-state index is 12.4. The summed E-state index contributed by atoms with van der Waals surface area (Å²) < 4.78 is 0. The third-order valence-electron chi connectivity index (χ3n) is 4.18. The van der Waals surface area contributed by atoms with Crippen molar-refractivity contribution in [2.24, 2.45) is 5.92 Å². The number of hydrogen-bond donors (Lipinski definition) is 1. The number of pyridine rings is 1. The van der Waals surface area contributed by atoms with E-state index in [1.165, 1.54) is 12.8 Å². The Morgan fingerprint density at radius 2 is 1.86 bits per heavy atom. The van der Waals surface area contributed by atoms with E-state index in [1.807, 2.05) is 6.07 Å². The number of rotatable bonds is 2. The predicted octanol–water partition coefficient (Wildman–Crippen LogP) is 4.34. The number of nitrogens with one attached hydrogen (secondary N) is 1. The third kappa shape index (κ3) is 4.44. The minimum Gasteiger partial charge on any atom is -0.349 e. The Bertz CT molecular complexity index is 514. The van der Waals surface area contributed by atoms with Crippen LogP contribution < -0.4 is 5.32 Å². The van der Waals surface area contributed by atoms with Gasteiger partial charge in [-0.15, -0.1) is 0 Å². The summed E-state index contributed by atoms with van der Waals surface area (Å²) in [7, 11) is 0. The van der Waals surface area contributed by atoms with Crippen LogP contribution in [0.4, 0.5) is 0 Å². The van der Waals surface area contributed by atoms with Gasteiger partial charge in [-0.2, -0.15) is 0 Å². The summed E-state index contributed by atoms with van der Waals surface area (Å²) in [6.07, 6.45) is 4.51. The molecule has 0 unspecified atom stereocenters. The van der Waals surface area contributed by atoms with Crippen molar-refractivity contribution < 1.29 is 4.79 Å². The van der Waals surface area contributed by atoms with Gasteiger partial charge in [-0.1, -0.05) is 39.3 Å². The second-order valence-electron chi connectivity index (χ2n) is 7.24. The normalized spacial score (nSPS) is 22.9. The first-order valence-corrected chi connectivity index (χ1v) is 8.12. The Kier molecular flexibility index (Phi) is 4.92. The van der Waals surface area contributed by atoms with Crippen LogP contribution in [0.3, 0.4) is 0 Å².